The number of carbonyl (C=O) groups is 1. The van der Waals surface area contributed by atoms with Gasteiger partial charge in [-0.3, -0.25) is 9.69 Å². The molecule has 3 rings (SSSR count). The van der Waals surface area contributed by atoms with Crippen LogP contribution in [0.5, 0.6) is 0 Å². The van der Waals surface area contributed by atoms with Gasteiger partial charge in [0.2, 0.25) is 0 Å². The van der Waals surface area contributed by atoms with Crippen LogP contribution in [0.4, 0.5) is 0 Å². The first-order valence-corrected chi connectivity index (χ1v) is 7.92. The van der Waals surface area contributed by atoms with Gasteiger partial charge in [-0.05, 0) is 33.1 Å². The molecule has 0 saturated carbocycles. The molecule has 3 saturated heterocycles. The molecule has 3 fully saturated rings. The zero-order chi connectivity index (χ0) is 14.1. The number of amides is 1. The van der Waals surface area contributed by atoms with Crippen LogP contribution in [-0.4, -0.2) is 72.8 Å². The van der Waals surface area contributed by atoms with E-state index in [1.807, 2.05) is 4.90 Å². The lowest BCUT2D eigenvalue weighted by Crippen LogP contribution is -2.49. The summed E-state index contributed by atoms with van der Waals surface area (Å²) in [6.07, 6.45) is 3.21. The van der Waals surface area contributed by atoms with Crippen molar-refractivity contribution in [3.63, 3.8) is 0 Å². The Morgan fingerprint density at radius 1 is 1.15 bits per heavy atom. The lowest BCUT2D eigenvalue weighted by molar-refractivity contribution is -0.158. The highest BCUT2D eigenvalue weighted by Crippen LogP contribution is 2.32. The molecule has 1 amide bonds. The summed E-state index contributed by atoms with van der Waals surface area (Å²) in [6.45, 7) is 7.81. The standard InChI is InChI=1S/C15H26N2O3/c1-11(2)17-12-3-4-13(17)9-16(6-5-12)15(18)14-10-19-7-8-20-14/h11-14H,3-10H2,1-2H3/t12-,13-,14+/m0/s1. The molecular formula is C15H26N2O3. The molecule has 0 spiro atoms. The molecule has 0 radical (unpaired) electrons. The van der Waals surface area contributed by atoms with Crippen molar-refractivity contribution in [1.29, 1.82) is 0 Å². The van der Waals surface area contributed by atoms with E-state index in [0.717, 1.165) is 19.5 Å². The zero-order valence-corrected chi connectivity index (χ0v) is 12.6. The van der Waals surface area contributed by atoms with Crippen LogP contribution in [0, 0.1) is 0 Å². The molecule has 0 N–H and O–H groups in total. The average Bonchev–Trinajstić information content (AvgIpc) is 2.74. The lowest BCUT2D eigenvalue weighted by atomic mass is 10.1. The molecule has 0 aromatic heterocycles. The second-order valence-electron chi connectivity index (χ2n) is 6.43. The maximum atomic E-state index is 12.6. The van der Waals surface area contributed by atoms with Gasteiger partial charge >= 0.3 is 0 Å². The Morgan fingerprint density at radius 3 is 2.65 bits per heavy atom. The number of carbonyl (C=O) groups excluding carboxylic acids is 1. The monoisotopic (exact) mass is 282 g/mol. The average molecular weight is 282 g/mol. The molecule has 3 heterocycles. The summed E-state index contributed by atoms with van der Waals surface area (Å²) in [6, 6.07) is 1.74. The topological polar surface area (TPSA) is 42.0 Å². The minimum Gasteiger partial charge on any atom is -0.376 e. The smallest absolute Gasteiger partial charge is 0.254 e. The summed E-state index contributed by atoms with van der Waals surface area (Å²) < 4.78 is 10.9. The number of ether oxygens (including phenoxy) is 2. The summed E-state index contributed by atoms with van der Waals surface area (Å²) in [5, 5.41) is 0. The molecule has 5 heteroatoms. The number of fused-ring (bicyclic) bond motifs is 2. The first-order chi connectivity index (χ1) is 9.66. The number of rotatable bonds is 2. The fourth-order valence-electron chi connectivity index (χ4n) is 3.99. The minimum atomic E-state index is -0.382. The molecule has 3 atom stereocenters. The molecule has 3 aliphatic heterocycles. The second kappa shape index (κ2) is 6.00. The number of hydrogen-bond acceptors (Lipinski definition) is 4. The van der Waals surface area contributed by atoms with Gasteiger partial charge < -0.3 is 14.4 Å². The Hall–Kier alpha value is -0.650. The van der Waals surface area contributed by atoms with Gasteiger partial charge in [0.25, 0.3) is 5.91 Å². The van der Waals surface area contributed by atoms with Gasteiger partial charge in [0.1, 0.15) is 0 Å². The van der Waals surface area contributed by atoms with E-state index in [9.17, 15) is 4.79 Å². The summed E-state index contributed by atoms with van der Waals surface area (Å²) in [4.78, 5) is 17.2. The highest BCUT2D eigenvalue weighted by molar-refractivity contribution is 5.81. The second-order valence-corrected chi connectivity index (χ2v) is 6.43. The van der Waals surface area contributed by atoms with Crippen molar-refractivity contribution >= 4 is 5.91 Å². The maximum Gasteiger partial charge on any atom is 0.254 e. The number of likely N-dealkylation sites (tertiary alicyclic amines) is 1. The van der Waals surface area contributed by atoms with Gasteiger partial charge in [-0.2, -0.15) is 0 Å². The van der Waals surface area contributed by atoms with E-state index in [0.29, 0.717) is 37.9 Å². The van der Waals surface area contributed by atoms with Gasteiger partial charge in [-0.25, -0.2) is 0 Å². The summed E-state index contributed by atoms with van der Waals surface area (Å²) >= 11 is 0. The Kier molecular flexibility index (Phi) is 4.29. The van der Waals surface area contributed by atoms with Crippen molar-refractivity contribution in [2.75, 3.05) is 32.9 Å². The van der Waals surface area contributed by atoms with Crippen LogP contribution in [0.15, 0.2) is 0 Å². The molecular weight excluding hydrogens is 256 g/mol. The van der Waals surface area contributed by atoms with Gasteiger partial charge in [0.15, 0.2) is 6.10 Å². The van der Waals surface area contributed by atoms with Gasteiger partial charge in [0.05, 0.1) is 19.8 Å². The highest BCUT2D eigenvalue weighted by Gasteiger charge is 2.40. The highest BCUT2D eigenvalue weighted by atomic mass is 16.6. The van der Waals surface area contributed by atoms with E-state index in [2.05, 4.69) is 18.7 Å². The molecule has 0 unspecified atom stereocenters. The SMILES string of the molecule is CC(C)N1[C@H]2CC[C@H]1CN(C(=O)[C@H]1COCCO1)CC2. The molecule has 114 valence electrons. The van der Waals surface area contributed by atoms with Crippen molar-refractivity contribution in [2.24, 2.45) is 0 Å². The molecule has 5 nitrogen and oxygen atoms in total. The Labute approximate surface area is 121 Å². The van der Waals surface area contributed by atoms with Gasteiger partial charge in [-0.15, -0.1) is 0 Å². The predicted octanol–water partition coefficient (Wildman–Crippen LogP) is 0.875. The predicted molar refractivity (Wildman–Crippen MR) is 75.5 cm³/mol. The molecule has 20 heavy (non-hydrogen) atoms. The van der Waals surface area contributed by atoms with Crippen molar-refractivity contribution in [2.45, 2.75) is 57.3 Å². The van der Waals surface area contributed by atoms with Crippen LogP contribution in [0.1, 0.15) is 33.1 Å². The van der Waals surface area contributed by atoms with E-state index < -0.39 is 0 Å². The summed E-state index contributed by atoms with van der Waals surface area (Å²) in [5.74, 6) is 0.126. The van der Waals surface area contributed by atoms with Crippen LogP contribution < -0.4 is 0 Å². The van der Waals surface area contributed by atoms with Crippen molar-refractivity contribution < 1.29 is 14.3 Å². The van der Waals surface area contributed by atoms with E-state index in [1.54, 1.807) is 0 Å². The van der Waals surface area contributed by atoms with Crippen molar-refractivity contribution in [1.82, 2.24) is 9.80 Å². The Morgan fingerprint density at radius 2 is 1.95 bits per heavy atom. The lowest BCUT2D eigenvalue weighted by Gasteiger charge is -2.33. The van der Waals surface area contributed by atoms with E-state index in [-0.39, 0.29) is 12.0 Å². The van der Waals surface area contributed by atoms with E-state index in [1.165, 1.54) is 12.8 Å². The van der Waals surface area contributed by atoms with Crippen LogP contribution in [0.2, 0.25) is 0 Å². The van der Waals surface area contributed by atoms with E-state index >= 15 is 0 Å². The third kappa shape index (κ3) is 2.71. The minimum absolute atomic E-state index is 0.126. The van der Waals surface area contributed by atoms with Gasteiger partial charge in [0, 0.05) is 31.2 Å². The third-order valence-corrected chi connectivity index (χ3v) is 4.84. The fraction of sp³-hybridized carbons (Fsp3) is 0.933. The molecule has 3 aliphatic rings. The fourth-order valence-corrected chi connectivity index (χ4v) is 3.99. The third-order valence-electron chi connectivity index (χ3n) is 4.84. The molecule has 0 aromatic carbocycles. The van der Waals surface area contributed by atoms with Crippen LogP contribution in [0.3, 0.4) is 0 Å². The Bertz CT molecular complexity index is 355. The molecule has 0 aromatic rings. The van der Waals surface area contributed by atoms with Crippen LogP contribution >= 0.6 is 0 Å². The van der Waals surface area contributed by atoms with Crippen LogP contribution in [-0.2, 0) is 14.3 Å². The summed E-state index contributed by atoms with van der Waals surface area (Å²) in [5.41, 5.74) is 0. The first kappa shape index (κ1) is 14.3. The summed E-state index contributed by atoms with van der Waals surface area (Å²) in [7, 11) is 0. The van der Waals surface area contributed by atoms with E-state index in [4.69, 9.17) is 9.47 Å². The first-order valence-electron chi connectivity index (χ1n) is 7.92. The normalized spacial score (nSPS) is 35.4. The largest absolute Gasteiger partial charge is 0.376 e. The zero-order valence-electron chi connectivity index (χ0n) is 12.6. The van der Waals surface area contributed by atoms with Gasteiger partial charge in [-0.1, -0.05) is 0 Å². The maximum absolute atomic E-state index is 12.6. The molecule has 0 aliphatic carbocycles. The number of nitrogens with zero attached hydrogens (tertiary/aromatic N) is 2. The molecule has 2 bridgehead atoms. The van der Waals surface area contributed by atoms with Crippen molar-refractivity contribution in [3.05, 3.63) is 0 Å². The van der Waals surface area contributed by atoms with Crippen LogP contribution in [0.25, 0.3) is 0 Å². The quantitative estimate of drug-likeness (QED) is 0.754. The van der Waals surface area contributed by atoms with Crippen molar-refractivity contribution in [3.8, 4) is 0 Å². The number of hydrogen-bond donors (Lipinski definition) is 0. The Balaban J connectivity index is 1.66.